The second kappa shape index (κ2) is 5.26. The van der Waals surface area contributed by atoms with Gasteiger partial charge < -0.3 is 15.5 Å². The fourth-order valence-electron chi connectivity index (χ4n) is 1.78. The van der Waals surface area contributed by atoms with Gasteiger partial charge in [0, 0.05) is 22.5 Å². The van der Waals surface area contributed by atoms with Crippen LogP contribution in [0, 0.1) is 5.41 Å². The molecule has 0 aliphatic heterocycles. The molecule has 0 bridgehead atoms. The van der Waals surface area contributed by atoms with Crippen LogP contribution < -0.4 is 5.32 Å². The Balaban J connectivity index is 1.95. The van der Waals surface area contributed by atoms with Crippen LogP contribution in [0.1, 0.15) is 24.5 Å². The van der Waals surface area contributed by atoms with Crippen LogP contribution in [0.4, 0.5) is 0 Å². The maximum Gasteiger partial charge on any atom is 0.253 e. The second-order valence-electron chi connectivity index (χ2n) is 4.80. The molecule has 4 nitrogen and oxygen atoms in total. The minimum absolute atomic E-state index is 0.0649. The lowest BCUT2D eigenvalue weighted by Gasteiger charge is -2.16. The van der Waals surface area contributed by atoms with E-state index < -0.39 is 12.0 Å². The normalized spacial score (nSPS) is 18.2. The van der Waals surface area contributed by atoms with Crippen molar-refractivity contribution in [2.24, 2.45) is 5.41 Å². The van der Waals surface area contributed by atoms with Crippen LogP contribution in [-0.2, 0) is 4.79 Å². The van der Waals surface area contributed by atoms with E-state index in [4.69, 9.17) is 16.7 Å². The van der Waals surface area contributed by atoms with E-state index in [2.05, 4.69) is 5.32 Å². The molecule has 1 saturated carbocycles. The molecule has 98 valence electrons. The Kier molecular flexibility index (Phi) is 3.90. The summed E-state index contributed by atoms with van der Waals surface area (Å²) in [5, 5.41) is 22.1. The molecule has 0 saturated heterocycles. The number of aliphatic hydroxyl groups excluding tert-OH is 2. The summed E-state index contributed by atoms with van der Waals surface area (Å²) in [6.07, 6.45) is 0.547. The number of nitrogens with one attached hydrogen (secondary N) is 1. The van der Waals surface area contributed by atoms with Crippen LogP contribution in [-0.4, -0.2) is 29.3 Å². The summed E-state index contributed by atoms with van der Waals surface area (Å²) in [4.78, 5) is 11.8. The minimum atomic E-state index is -1.27. The van der Waals surface area contributed by atoms with Gasteiger partial charge in [0.1, 0.15) is 0 Å². The Bertz CT molecular complexity index is 446. The van der Waals surface area contributed by atoms with Crippen molar-refractivity contribution in [1.29, 1.82) is 0 Å². The zero-order valence-electron chi connectivity index (χ0n) is 9.90. The first-order valence-electron chi connectivity index (χ1n) is 5.89. The third-order valence-electron chi connectivity index (χ3n) is 3.38. The van der Waals surface area contributed by atoms with Gasteiger partial charge >= 0.3 is 0 Å². The topological polar surface area (TPSA) is 69.6 Å². The number of carbonyl (C=O) groups excluding carboxylic acids is 1. The van der Waals surface area contributed by atoms with Crippen molar-refractivity contribution >= 4 is 17.5 Å². The largest absolute Gasteiger partial charge is 0.396 e. The van der Waals surface area contributed by atoms with Gasteiger partial charge in [0.25, 0.3) is 5.91 Å². The van der Waals surface area contributed by atoms with Gasteiger partial charge in [-0.1, -0.05) is 29.8 Å². The predicted molar refractivity (Wildman–Crippen MR) is 68.2 cm³/mol. The Labute approximate surface area is 111 Å². The first-order valence-corrected chi connectivity index (χ1v) is 6.27. The molecule has 0 radical (unpaired) electrons. The van der Waals surface area contributed by atoms with E-state index >= 15 is 0 Å². The molecule has 1 amide bonds. The Morgan fingerprint density at radius 1 is 1.44 bits per heavy atom. The van der Waals surface area contributed by atoms with E-state index in [0.29, 0.717) is 17.1 Å². The third kappa shape index (κ3) is 2.83. The summed E-state index contributed by atoms with van der Waals surface area (Å²) in [5.41, 5.74) is 0.223. The lowest BCUT2D eigenvalue weighted by Crippen LogP contribution is -2.35. The summed E-state index contributed by atoms with van der Waals surface area (Å²) in [6, 6.07) is 6.70. The predicted octanol–water partition coefficient (Wildman–Crippen LogP) is 1.26. The zero-order valence-corrected chi connectivity index (χ0v) is 10.7. The van der Waals surface area contributed by atoms with E-state index in [-0.39, 0.29) is 12.0 Å². The summed E-state index contributed by atoms with van der Waals surface area (Å²) in [7, 11) is 0. The highest BCUT2D eigenvalue weighted by atomic mass is 35.5. The van der Waals surface area contributed by atoms with Crippen LogP contribution in [0.15, 0.2) is 24.3 Å². The second-order valence-corrected chi connectivity index (χ2v) is 5.21. The fraction of sp³-hybridized carbons (Fsp3) is 0.462. The molecule has 5 heteroatoms. The lowest BCUT2D eigenvalue weighted by atomic mass is 10.1. The standard InChI is InChI=1S/C13H16ClNO3/c14-10-4-2-1-3-9(10)11(17)12(18)15-7-13(8-16)5-6-13/h1-4,11,16-17H,5-8H2,(H,15,18)/t11-/m1/s1. The third-order valence-corrected chi connectivity index (χ3v) is 3.72. The summed E-state index contributed by atoms with van der Waals surface area (Å²) in [6.45, 7) is 0.458. The summed E-state index contributed by atoms with van der Waals surface area (Å²) in [5.74, 6) is -0.483. The Morgan fingerprint density at radius 3 is 2.67 bits per heavy atom. The van der Waals surface area contributed by atoms with Gasteiger partial charge in [-0.3, -0.25) is 4.79 Å². The highest BCUT2D eigenvalue weighted by Gasteiger charge is 2.42. The van der Waals surface area contributed by atoms with Crippen LogP contribution in [0.2, 0.25) is 5.02 Å². The van der Waals surface area contributed by atoms with Crippen molar-refractivity contribution in [3.05, 3.63) is 34.9 Å². The van der Waals surface area contributed by atoms with Gasteiger partial charge in [0.05, 0.1) is 6.61 Å². The first-order chi connectivity index (χ1) is 8.58. The number of aliphatic hydroxyl groups is 2. The average molecular weight is 270 g/mol. The first kappa shape index (κ1) is 13.3. The lowest BCUT2D eigenvalue weighted by molar-refractivity contribution is -0.130. The molecule has 0 aromatic heterocycles. The van der Waals surface area contributed by atoms with Crippen LogP contribution in [0.3, 0.4) is 0 Å². The molecule has 1 fully saturated rings. The summed E-state index contributed by atoms with van der Waals surface area (Å²) < 4.78 is 0. The highest BCUT2D eigenvalue weighted by Crippen LogP contribution is 2.44. The number of carbonyl (C=O) groups is 1. The molecular formula is C13H16ClNO3. The molecule has 1 aromatic rings. The van der Waals surface area contributed by atoms with Crippen molar-refractivity contribution < 1.29 is 15.0 Å². The van der Waals surface area contributed by atoms with Gasteiger partial charge in [-0.15, -0.1) is 0 Å². The maximum atomic E-state index is 11.8. The maximum absolute atomic E-state index is 11.8. The number of halogens is 1. The summed E-state index contributed by atoms with van der Waals surface area (Å²) >= 11 is 5.91. The molecule has 1 atom stereocenters. The number of amides is 1. The smallest absolute Gasteiger partial charge is 0.253 e. The zero-order chi connectivity index (χ0) is 13.2. The van der Waals surface area contributed by atoms with Crippen LogP contribution in [0.25, 0.3) is 0 Å². The van der Waals surface area contributed by atoms with Gasteiger partial charge in [-0.05, 0) is 18.9 Å². The Hall–Kier alpha value is -1.10. The van der Waals surface area contributed by atoms with E-state index in [1.165, 1.54) is 0 Å². The van der Waals surface area contributed by atoms with Crippen LogP contribution >= 0.6 is 11.6 Å². The number of hydrogen-bond acceptors (Lipinski definition) is 3. The molecule has 2 rings (SSSR count). The SMILES string of the molecule is O=C(NCC1(CO)CC1)[C@H](O)c1ccccc1Cl. The van der Waals surface area contributed by atoms with Crippen molar-refractivity contribution in [3.63, 3.8) is 0 Å². The van der Waals surface area contributed by atoms with Gasteiger partial charge in [0.15, 0.2) is 6.10 Å². The highest BCUT2D eigenvalue weighted by molar-refractivity contribution is 6.31. The van der Waals surface area contributed by atoms with E-state index in [1.54, 1.807) is 24.3 Å². The molecule has 3 N–H and O–H groups in total. The molecule has 0 heterocycles. The number of rotatable bonds is 5. The Morgan fingerprint density at radius 2 is 2.11 bits per heavy atom. The van der Waals surface area contributed by atoms with Crippen molar-refractivity contribution in [1.82, 2.24) is 5.32 Å². The average Bonchev–Trinajstić information content (AvgIpc) is 3.16. The minimum Gasteiger partial charge on any atom is -0.396 e. The fourth-order valence-corrected chi connectivity index (χ4v) is 2.02. The number of hydrogen-bond donors (Lipinski definition) is 3. The van der Waals surface area contributed by atoms with Crippen molar-refractivity contribution in [3.8, 4) is 0 Å². The monoisotopic (exact) mass is 269 g/mol. The number of benzene rings is 1. The molecule has 1 aliphatic rings. The molecular weight excluding hydrogens is 254 g/mol. The van der Waals surface area contributed by atoms with Gasteiger partial charge in [-0.25, -0.2) is 0 Å². The molecule has 18 heavy (non-hydrogen) atoms. The van der Waals surface area contributed by atoms with E-state index in [9.17, 15) is 9.90 Å². The van der Waals surface area contributed by atoms with Crippen molar-refractivity contribution in [2.75, 3.05) is 13.2 Å². The quantitative estimate of drug-likeness (QED) is 0.754. The van der Waals surface area contributed by atoms with Crippen molar-refractivity contribution in [2.45, 2.75) is 18.9 Å². The molecule has 1 aromatic carbocycles. The van der Waals surface area contributed by atoms with Crippen LogP contribution in [0.5, 0.6) is 0 Å². The molecule has 1 aliphatic carbocycles. The van der Waals surface area contributed by atoms with Gasteiger partial charge in [0.2, 0.25) is 0 Å². The molecule has 0 spiro atoms. The van der Waals surface area contributed by atoms with E-state index in [1.807, 2.05) is 0 Å². The van der Waals surface area contributed by atoms with Gasteiger partial charge in [-0.2, -0.15) is 0 Å². The molecule has 0 unspecified atom stereocenters. The van der Waals surface area contributed by atoms with E-state index in [0.717, 1.165) is 12.8 Å².